The van der Waals surface area contributed by atoms with Crippen molar-refractivity contribution < 1.29 is 4.79 Å². The summed E-state index contributed by atoms with van der Waals surface area (Å²) < 4.78 is 0. The van der Waals surface area contributed by atoms with E-state index < -0.39 is 5.41 Å². The predicted molar refractivity (Wildman–Crippen MR) is 93.5 cm³/mol. The van der Waals surface area contributed by atoms with Crippen LogP contribution in [0.15, 0.2) is 0 Å². The van der Waals surface area contributed by atoms with E-state index in [9.17, 15) is 10.1 Å². The maximum atomic E-state index is 13.0. The van der Waals surface area contributed by atoms with Gasteiger partial charge in [0.05, 0.1) is 6.07 Å². The zero-order valence-electron chi connectivity index (χ0n) is 14.8. The van der Waals surface area contributed by atoms with Gasteiger partial charge in [0.2, 0.25) is 5.91 Å². The van der Waals surface area contributed by atoms with E-state index in [-0.39, 0.29) is 5.91 Å². The summed E-state index contributed by atoms with van der Waals surface area (Å²) in [7, 11) is 0. The van der Waals surface area contributed by atoms with Crippen LogP contribution in [0.2, 0.25) is 0 Å². The van der Waals surface area contributed by atoms with Crippen LogP contribution in [-0.4, -0.2) is 86.1 Å². The Kier molecular flexibility index (Phi) is 6.09. The van der Waals surface area contributed by atoms with Crippen molar-refractivity contribution in [1.82, 2.24) is 20.0 Å². The number of likely N-dealkylation sites (tertiary alicyclic amines) is 1. The first-order chi connectivity index (χ1) is 11.7. The topological polar surface area (TPSA) is 62.6 Å². The minimum absolute atomic E-state index is 0.0768. The molecule has 0 aromatic heterocycles. The molecule has 3 saturated heterocycles. The Balaban J connectivity index is 1.50. The first-order valence-electron chi connectivity index (χ1n) is 9.60. The molecule has 1 N–H and O–H groups in total. The second-order valence-corrected chi connectivity index (χ2v) is 7.48. The van der Waals surface area contributed by atoms with Gasteiger partial charge in [0, 0.05) is 32.7 Å². The number of nitriles is 1. The van der Waals surface area contributed by atoms with Gasteiger partial charge in [-0.05, 0) is 64.8 Å². The summed E-state index contributed by atoms with van der Waals surface area (Å²) in [5, 5.41) is 12.9. The Labute approximate surface area is 145 Å². The smallest absolute Gasteiger partial charge is 0.243 e. The molecule has 0 aliphatic carbocycles. The molecule has 0 unspecified atom stereocenters. The van der Waals surface area contributed by atoms with Crippen LogP contribution in [0.25, 0.3) is 0 Å². The van der Waals surface area contributed by atoms with Crippen molar-refractivity contribution in [2.75, 3.05) is 65.4 Å². The van der Waals surface area contributed by atoms with Crippen LogP contribution in [0.4, 0.5) is 0 Å². The molecule has 3 fully saturated rings. The molecule has 3 rings (SSSR count). The molecule has 0 aromatic rings. The molecule has 0 saturated carbocycles. The van der Waals surface area contributed by atoms with E-state index in [2.05, 4.69) is 21.2 Å². The lowest BCUT2D eigenvalue weighted by atomic mass is 9.79. The van der Waals surface area contributed by atoms with Gasteiger partial charge >= 0.3 is 0 Å². The van der Waals surface area contributed by atoms with Crippen molar-refractivity contribution in [2.45, 2.75) is 32.1 Å². The highest BCUT2D eigenvalue weighted by Gasteiger charge is 2.42. The minimum Gasteiger partial charge on any atom is -0.340 e. The SMILES string of the molecule is N#CC1(C(=O)N2CCCN(CCN3CCCC3)CC2)CCNCC1. The van der Waals surface area contributed by atoms with Crippen LogP contribution in [-0.2, 0) is 4.79 Å². The van der Waals surface area contributed by atoms with Gasteiger partial charge in [-0.25, -0.2) is 0 Å². The third kappa shape index (κ3) is 4.08. The molecule has 3 aliphatic heterocycles. The van der Waals surface area contributed by atoms with Crippen molar-refractivity contribution in [3.05, 3.63) is 0 Å². The quantitative estimate of drug-likeness (QED) is 0.812. The molecule has 134 valence electrons. The van der Waals surface area contributed by atoms with Crippen molar-refractivity contribution >= 4 is 5.91 Å². The standard InChI is InChI=1S/C18H31N5O/c19-16-18(4-6-20-7-5-18)17(24)23-11-3-10-22(14-15-23)13-12-21-8-1-2-9-21/h20H,1-15H2. The Morgan fingerprint density at radius 3 is 2.21 bits per heavy atom. The number of nitrogens with zero attached hydrogens (tertiary/aromatic N) is 4. The van der Waals surface area contributed by atoms with Crippen molar-refractivity contribution in [1.29, 1.82) is 5.26 Å². The fourth-order valence-electron chi connectivity index (χ4n) is 4.22. The van der Waals surface area contributed by atoms with Crippen LogP contribution in [0.1, 0.15) is 32.1 Å². The van der Waals surface area contributed by atoms with Gasteiger partial charge in [0.15, 0.2) is 0 Å². The molecule has 3 heterocycles. The molecule has 0 bridgehead atoms. The lowest BCUT2D eigenvalue weighted by Gasteiger charge is -2.34. The highest BCUT2D eigenvalue weighted by atomic mass is 16.2. The largest absolute Gasteiger partial charge is 0.340 e. The van der Waals surface area contributed by atoms with E-state index in [1.54, 1.807) is 0 Å². The Bertz CT molecular complexity index is 463. The van der Waals surface area contributed by atoms with E-state index in [1.165, 1.54) is 25.9 Å². The van der Waals surface area contributed by atoms with Crippen LogP contribution in [0.3, 0.4) is 0 Å². The summed E-state index contributed by atoms with van der Waals surface area (Å²) in [6.45, 7) is 9.89. The van der Waals surface area contributed by atoms with Gasteiger partial charge in [-0.15, -0.1) is 0 Å². The fourth-order valence-corrected chi connectivity index (χ4v) is 4.22. The molecule has 0 spiro atoms. The maximum Gasteiger partial charge on any atom is 0.243 e. The number of carbonyl (C=O) groups excluding carboxylic acids is 1. The zero-order valence-corrected chi connectivity index (χ0v) is 14.8. The second-order valence-electron chi connectivity index (χ2n) is 7.48. The summed E-state index contributed by atoms with van der Waals surface area (Å²) in [6.07, 6.45) is 5.00. The lowest BCUT2D eigenvalue weighted by Crippen LogP contribution is -2.49. The number of hydrogen-bond acceptors (Lipinski definition) is 5. The normalized spacial score (nSPS) is 26.0. The molecule has 1 amide bonds. The number of carbonyl (C=O) groups is 1. The first-order valence-corrected chi connectivity index (χ1v) is 9.60. The molecule has 0 atom stereocenters. The Hall–Kier alpha value is -1.16. The van der Waals surface area contributed by atoms with Gasteiger partial charge in [0.1, 0.15) is 5.41 Å². The molecular formula is C18H31N5O. The number of amides is 1. The Morgan fingerprint density at radius 2 is 1.54 bits per heavy atom. The number of rotatable bonds is 4. The minimum atomic E-state index is -0.782. The Morgan fingerprint density at radius 1 is 0.917 bits per heavy atom. The van der Waals surface area contributed by atoms with Gasteiger partial charge < -0.3 is 20.0 Å². The average Bonchev–Trinajstić information content (AvgIpc) is 3.04. The molecule has 6 nitrogen and oxygen atoms in total. The monoisotopic (exact) mass is 333 g/mol. The zero-order chi connectivity index (χ0) is 16.8. The molecule has 0 aromatic carbocycles. The highest BCUT2D eigenvalue weighted by molar-refractivity contribution is 5.85. The van der Waals surface area contributed by atoms with Gasteiger partial charge in [-0.3, -0.25) is 4.79 Å². The van der Waals surface area contributed by atoms with Crippen molar-refractivity contribution in [3.8, 4) is 6.07 Å². The molecule has 3 aliphatic rings. The highest BCUT2D eigenvalue weighted by Crippen LogP contribution is 2.30. The molecule has 24 heavy (non-hydrogen) atoms. The first kappa shape index (κ1) is 17.7. The van der Waals surface area contributed by atoms with Gasteiger partial charge in [0.25, 0.3) is 0 Å². The average molecular weight is 333 g/mol. The summed E-state index contributed by atoms with van der Waals surface area (Å²) in [5.41, 5.74) is -0.782. The third-order valence-corrected chi connectivity index (χ3v) is 5.89. The summed E-state index contributed by atoms with van der Waals surface area (Å²) in [5.74, 6) is 0.0768. The van der Waals surface area contributed by atoms with Crippen LogP contribution < -0.4 is 5.32 Å². The van der Waals surface area contributed by atoms with E-state index in [1.807, 2.05) is 4.90 Å². The number of piperidine rings is 1. The number of hydrogen-bond donors (Lipinski definition) is 1. The van der Waals surface area contributed by atoms with Crippen LogP contribution in [0, 0.1) is 16.7 Å². The third-order valence-electron chi connectivity index (χ3n) is 5.89. The van der Waals surface area contributed by atoms with Crippen molar-refractivity contribution in [2.24, 2.45) is 5.41 Å². The van der Waals surface area contributed by atoms with Crippen LogP contribution in [0.5, 0.6) is 0 Å². The molecule has 0 radical (unpaired) electrons. The maximum absolute atomic E-state index is 13.0. The lowest BCUT2D eigenvalue weighted by molar-refractivity contribution is -0.140. The van der Waals surface area contributed by atoms with E-state index in [0.29, 0.717) is 12.8 Å². The summed E-state index contributed by atoms with van der Waals surface area (Å²) in [4.78, 5) is 20.0. The van der Waals surface area contributed by atoms with Crippen molar-refractivity contribution in [3.63, 3.8) is 0 Å². The predicted octanol–water partition coefficient (Wildman–Crippen LogP) is 0.510. The summed E-state index contributed by atoms with van der Waals surface area (Å²) >= 11 is 0. The van der Waals surface area contributed by atoms with Crippen LogP contribution >= 0.6 is 0 Å². The molecule has 6 heteroatoms. The van der Waals surface area contributed by atoms with E-state index >= 15 is 0 Å². The van der Waals surface area contributed by atoms with E-state index in [4.69, 9.17) is 0 Å². The fraction of sp³-hybridized carbons (Fsp3) is 0.889. The van der Waals surface area contributed by atoms with Gasteiger partial charge in [-0.1, -0.05) is 0 Å². The van der Waals surface area contributed by atoms with Gasteiger partial charge in [-0.2, -0.15) is 5.26 Å². The summed E-state index contributed by atoms with van der Waals surface area (Å²) in [6, 6.07) is 2.36. The number of nitrogens with one attached hydrogen (secondary N) is 1. The second kappa shape index (κ2) is 8.28. The molecular weight excluding hydrogens is 302 g/mol. The van der Waals surface area contributed by atoms with E-state index in [0.717, 1.165) is 58.8 Å².